The van der Waals surface area contributed by atoms with E-state index in [1.807, 2.05) is 26.0 Å². The van der Waals surface area contributed by atoms with Gasteiger partial charge in [-0.05, 0) is 45.2 Å². The molecule has 2 unspecified atom stereocenters. The number of hydrogen-bond donors (Lipinski definition) is 1. The zero-order valence-corrected chi connectivity index (χ0v) is 10.7. The van der Waals surface area contributed by atoms with Gasteiger partial charge in [-0.25, -0.2) is 0 Å². The second-order valence-corrected chi connectivity index (χ2v) is 4.52. The Labute approximate surface area is 98.8 Å². The number of nitrogens with zero attached hydrogens (tertiary/aromatic N) is 1. The Morgan fingerprint density at radius 3 is 2.62 bits per heavy atom. The molecule has 16 heavy (non-hydrogen) atoms. The molecule has 0 aliphatic heterocycles. The number of pyridine rings is 1. The van der Waals surface area contributed by atoms with Crippen LogP contribution >= 0.6 is 0 Å². The Hall–Kier alpha value is -1.31. The summed E-state index contributed by atoms with van der Waals surface area (Å²) in [6.07, 6.45) is 3.01. The lowest BCUT2D eigenvalue weighted by Gasteiger charge is -2.22. The highest BCUT2D eigenvalue weighted by Gasteiger charge is 2.11. The van der Waals surface area contributed by atoms with E-state index in [1.165, 1.54) is 0 Å². The van der Waals surface area contributed by atoms with Gasteiger partial charge in [-0.15, -0.1) is 6.58 Å². The van der Waals surface area contributed by atoms with Crippen molar-refractivity contribution in [1.82, 2.24) is 4.98 Å². The monoisotopic (exact) mass is 218 g/mol. The minimum Gasteiger partial charge on any atom is -0.381 e. The van der Waals surface area contributed by atoms with Gasteiger partial charge in [0.05, 0.1) is 11.4 Å². The molecule has 2 heteroatoms. The van der Waals surface area contributed by atoms with Gasteiger partial charge < -0.3 is 5.32 Å². The summed E-state index contributed by atoms with van der Waals surface area (Å²) < 4.78 is 0. The van der Waals surface area contributed by atoms with Crippen molar-refractivity contribution in [2.24, 2.45) is 5.92 Å². The van der Waals surface area contributed by atoms with Gasteiger partial charge in [0.15, 0.2) is 0 Å². The molecule has 0 aliphatic carbocycles. The van der Waals surface area contributed by atoms with Gasteiger partial charge in [-0.1, -0.05) is 13.0 Å². The molecule has 0 spiro atoms. The molecule has 0 fully saturated rings. The molecule has 1 heterocycles. The first-order chi connectivity index (χ1) is 7.54. The molecule has 1 aromatic heterocycles. The van der Waals surface area contributed by atoms with Gasteiger partial charge in [0, 0.05) is 11.7 Å². The first kappa shape index (κ1) is 12.8. The third-order valence-corrected chi connectivity index (χ3v) is 3.00. The number of anilines is 1. The maximum absolute atomic E-state index is 4.45. The molecule has 0 saturated heterocycles. The zero-order valence-electron chi connectivity index (χ0n) is 10.7. The van der Waals surface area contributed by atoms with Crippen molar-refractivity contribution in [3.8, 4) is 0 Å². The Bertz CT molecular complexity index is 358. The fraction of sp³-hybridized carbons (Fsp3) is 0.500. The number of aromatic nitrogens is 1. The molecule has 2 nitrogen and oxygen atoms in total. The predicted octanol–water partition coefficient (Wildman–Crippen LogP) is 3.71. The lowest BCUT2D eigenvalue weighted by Crippen LogP contribution is -2.24. The maximum Gasteiger partial charge on any atom is 0.0606 e. The van der Waals surface area contributed by atoms with E-state index in [-0.39, 0.29) is 0 Å². The summed E-state index contributed by atoms with van der Waals surface area (Å²) in [5.41, 5.74) is 3.27. The molecule has 0 radical (unpaired) electrons. The second-order valence-electron chi connectivity index (χ2n) is 4.52. The molecule has 1 aromatic rings. The van der Waals surface area contributed by atoms with Gasteiger partial charge in [0.1, 0.15) is 0 Å². The van der Waals surface area contributed by atoms with Crippen LogP contribution in [0.1, 0.15) is 31.7 Å². The Morgan fingerprint density at radius 1 is 1.38 bits per heavy atom. The summed E-state index contributed by atoms with van der Waals surface area (Å²) in [5, 5.41) is 3.51. The highest BCUT2D eigenvalue weighted by atomic mass is 14.9. The Morgan fingerprint density at radius 2 is 2.06 bits per heavy atom. The van der Waals surface area contributed by atoms with E-state index in [1.54, 1.807) is 0 Å². The lowest BCUT2D eigenvalue weighted by atomic mass is 9.99. The standard InChI is InChI=1S/C14H22N2/c1-6-7-10(2)12(4)16-14-9-8-11(3)15-13(14)5/h6,8-10,12,16H,1,7H2,2-5H3. The summed E-state index contributed by atoms with van der Waals surface area (Å²) in [6.45, 7) is 12.3. The first-order valence-electron chi connectivity index (χ1n) is 5.86. The summed E-state index contributed by atoms with van der Waals surface area (Å²) in [6, 6.07) is 4.58. The predicted molar refractivity (Wildman–Crippen MR) is 70.8 cm³/mol. The Balaban J connectivity index is 2.69. The molecule has 0 amide bonds. The molecule has 88 valence electrons. The van der Waals surface area contributed by atoms with Gasteiger partial charge >= 0.3 is 0 Å². The van der Waals surface area contributed by atoms with E-state index in [4.69, 9.17) is 0 Å². The summed E-state index contributed by atoms with van der Waals surface area (Å²) in [5.74, 6) is 0.582. The number of nitrogens with one attached hydrogen (secondary N) is 1. The van der Waals surface area contributed by atoms with E-state index >= 15 is 0 Å². The van der Waals surface area contributed by atoms with Crippen LogP contribution in [0.15, 0.2) is 24.8 Å². The van der Waals surface area contributed by atoms with Crippen LogP contribution in [-0.4, -0.2) is 11.0 Å². The minimum atomic E-state index is 0.432. The van der Waals surface area contributed by atoms with Crippen LogP contribution in [0.2, 0.25) is 0 Å². The van der Waals surface area contributed by atoms with Crippen molar-refractivity contribution in [3.05, 3.63) is 36.2 Å². The molecular formula is C14H22N2. The highest BCUT2D eigenvalue weighted by molar-refractivity contribution is 5.48. The third-order valence-electron chi connectivity index (χ3n) is 3.00. The van der Waals surface area contributed by atoms with Crippen molar-refractivity contribution in [1.29, 1.82) is 0 Å². The average Bonchev–Trinajstić information content (AvgIpc) is 2.22. The molecule has 1 rings (SSSR count). The van der Waals surface area contributed by atoms with Crippen LogP contribution in [0.4, 0.5) is 5.69 Å². The summed E-state index contributed by atoms with van der Waals surface area (Å²) in [4.78, 5) is 4.45. The molecule has 0 saturated carbocycles. The van der Waals surface area contributed by atoms with Gasteiger partial charge in [0.2, 0.25) is 0 Å². The van der Waals surface area contributed by atoms with Gasteiger partial charge in [-0.3, -0.25) is 4.98 Å². The number of allylic oxidation sites excluding steroid dienone is 1. The van der Waals surface area contributed by atoms with Crippen molar-refractivity contribution >= 4 is 5.69 Å². The van der Waals surface area contributed by atoms with Crippen LogP contribution < -0.4 is 5.32 Å². The van der Waals surface area contributed by atoms with Crippen LogP contribution in [0.25, 0.3) is 0 Å². The summed E-state index contributed by atoms with van der Waals surface area (Å²) >= 11 is 0. The maximum atomic E-state index is 4.45. The fourth-order valence-electron chi connectivity index (χ4n) is 1.69. The Kier molecular flexibility index (Phi) is 4.53. The van der Waals surface area contributed by atoms with E-state index in [2.05, 4.69) is 36.8 Å². The van der Waals surface area contributed by atoms with E-state index in [0.717, 1.165) is 23.5 Å². The number of hydrogen-bond acceptors (Lipinski definition) is 2. The second kappa shape index (κ2) is 5.69. The van der Waals surface area contributed by atoms with Crippen LogP contribution in [0, 0.1) is 19.8 Å². The first-order valence-corrected chi connectivity index (χ1v) is 5.86. The lowest BCUT2D eigenvalue weighted by molar-refractivity contribution is 0.517. The molecule has 0 aromatic carbocycles. The van der Waals surface area contributed by atoms with Crippen molar-refractivity contribution < 1.29 is 0 Å². The largest absolute Gasteiger partial charge is 0.381 e. The van der Waals surface area contributed by atoms with E-state index in [0.29, 0.717) is 12.0 Å². The SMILES string of the molecule is C=CCC(C)C(C)Nc1ccc(C)nc1C. The smallest absolute Gasteiger partial charge is 0.0606 e. The third kappa shape index (κ3) is 3.37. The van der Waals surface area contributed by atoms with E-state index < -0.39 is 0 Å². The van der Waals surface area contributed by atoms with Crippen molar-refractivity contribution in [3.63, 3.8) is 0 Å². The van der Waals surface area contributed by atoms with Gasteiger partial charge in [-0.2, -0.15) is 0 Å². The zero-order chi connectivity index (χ0) is 12.1. The molecule has 1 N–H and O–H groups in total. The number of aryl methyl sites for hydroxylation is 2. The fourth-order valence-corrected chi connectivity index (χ4v) is 1.69. The van der Waals surface area contributed by atoms with Crippen LogP contribution in [-0.2, 0) is 0 Å². The molecule has 0 aliphatic rings. The van der Waals surface area contributed by atoms with Crippen molar-refractivity contribution in [2.45, 2.75) is 40.2 Å². The van der Waals surface area contributed by atoms with Crippen LogP contribution in [0.3, 0.4) is 0 Å². The summed E-state index contributed by atoms with van der Waals surface area (Å²) in [7, 11) is 0. The highest BCUT2D eigenvalue weighted by Crippen LogP contribution is 2.18. The molecule has 2 atom stereocenters. The van der Waals surface area contributed by atoms with E-state index in [9.17, 15) is 0 Å². The number of rotatable bonds is 5. The van der Waals surface area contributed by atoms with Gasteiger partial charge in [0.25, 0.3) is 0 Å². The van der Waals surface area contributed by atoms with Crippen LogP contribution in [0.5, 0.6) is 0 Å². The van der Waals surface area contributed by atoms with Crippen molar-refractivity contribution in [2.75, 3.05) is 5.32 Å². The molecular weight excluding hydrogens is 196 g/mol. The average molecular weight is 218 g/mol. The normalized spacial score (nSPS) is 14.2. The molecule has 0 bridgehead atoms. The minimum absolute atomic E-state index is 0.432. The topological polar surface area (TPSA) is 24.9 Å². The quantitative estimate of drug-likeness (QED) is 0.762.